The predicted molar refractivity (Wildman–Crippen MR) is 109 cm³/mol. The largest absolute Gasteiger partial charge is 0.481 e. The van der Waals surface area contributed by atoms with Crippen LogP contribution in [0.1, 0.15) is 30.3 Å². The molecule has 1 heterocycles. The quantitative estimate of drug-likeness (QED) is 0.639. The summed E-state index contributed by atoms with van der Waals surface area (Å²) in [5.74, 6) is -0.995. The number of amides is 1. The Balaban J connectivity index is 1.62. The molecule has 1 unspecified atom stereocenters. The van der Waals surface area contributed by atoms with Crippen LogP contribution < -0.4 is 5.32 Å². The highest BCUT2D eigenvalue weighted by Crippen LogP contribution is 2.45. The van der Waals surface area contributed by atoms with Crippen LogP contribution in [0.4, 0.5) is 0 Å². The first kappa shape index (κ1) is 18.6. The van der Waals surface area contributed by atoms with E-state index in [-0.39, 0.29) is 12.5 Å². The summed E-state index contributed by atoms with van der Waals surface area (Å²) in [6.07, 6.45) is 1.69. The number of rotatable bonds is 7. The standard InChI is InChI=1S/C22H22N2O3S/c1-21(15-7-3-2-4-8-15,19(25)23-14-22(11-12-22)20(26)27)13-18-24-16-9-5-6-10-17(16)28-18/h2-10H,11-14H2,1H3,(H,23,25)(H,26,27). The average molecular weight is 394 g/mol. The van der Waals surface area contributed by atoms with Crippen molar-refractivity contribution in [2.75, 3.05) is 6.54 Å². The average Bonchev–Trinajstić information content (AvgIpc) is 3.39. The third kappa shape index (κ3) is 3.40. The molecule has 1 saturated carbocycles. The van der Waals surface area contributed by atoms with Crippen molar-refractivity contribution in [1.82, 2.24) is 10.3 Å². The fraction of sp³-hybridized carbons (Fsp3) is 0.318. The molecule has 28 heavy (non-hydrogen) atoms. The van der Waals surface area contributed by atoms with Gasteiger partial charge in [0, 0.05) is 13.0 Å². The number of thiazole rings is 1. The van der Waals surface area contributed by atoms with Gasteiger partial charge in [-0.15, -0.1) is 11.3 Å². The Bertz CT molecular complexity index is 993. The minimum Gasteiger partial charge on any atom is -0.481 e. The zero-order chi connectivity index (χ0) is 19.8. The fourth-order valence-corrected chi connectivity index (χ4v) is 4.60. The number of hydrogen-bond acceptors (Lipinski definition) is 4. The highest BCUT2D eigenvalue weighted by Gasteiger charge is 2.51. The van der Waals surface area contributed by atoms with Crippen LogP contribution in [-0.2, 0) is 21.4 Å². The maximum Gasteiger partial charge on any atom is 0.311 e. The third-order valence-electron chi connectivity index (χ3n) is 5.65. The van der Waals surface area contributed by atoms with Crippen LogP contribution in [0.25, 0.3) is 10.2 Å². The van der Waals surface area contributed by atoms with E-state index in [9.17, 15) is 14.7 Å². The molecule has 2 N–H and O–H groups in total. The van der Waals surface area contributed by atoms with Gasteiger partial charge < -0.3 is 10.4 Å². The van der Waals surface area contributed by atoms with Gasteiger partial charge in [-0.2, -0.15) is 0 Å². The van der Waals surface area contributed by atoms with Crippen LogP contribution in [0, 0.1) is 5.41 Å². The van der Waals surface area contributed by atoms with Crippen molar-refractivity contribution in [2.45, 2.75) is 31.6 Å². The zero-order valence-electron chi connectivity index (χ0n) is 15.6. The SMILES string of the molecule is CC(Cc1nc2ccccc2s1)(C(=O)NCC1(C(=O)O)CC1)c1ccccc1. The summed E-state index contributed by atoms with van der Waals surface area (Å²) in [6, 6.07) is 17.6. The number of nitrogens with one attached hydrogen (secondary N) is 1. The van der Waals surface area contributed by atoms with E-state index in [2.05, 4.69) is 5.32 Å². The first-order valence-electron chi connectivity index (χ1n) is 9.35. The number of carbonyl (C=O) groups is 2. The van der Waals surface area contributed by atoms with Gasteiger partial charge in [-0.25, -0.2) is 4.98 Å². The topological polar surface area (TPSA) is 79.3 Å². The zero-order valence-corrected chi connectivity index (χ0v) is 16.5. The normalized spacial score (nSPS) is 17.0. The van der Waals surface area contributed by atoms with Crippen molar-refractivity contribution in [3.05, 3.63) is 65.2 Å². The van der Waals surface area contributed by atoms with Gasteiger partial charge in [-0.3, -0.25) is 9.59 Å². The molecule has 3 aromatic rings. The summed E-state index contributed by atoms with van der Waals surface area (Å²) in [5.41, 5.74) is 0.209. The van der Waals surface area contributed by atoms with Crippen LogP contribution in [-0.4, -0.2) is 28.5 Å². The summed E-state index contributed by atoms with van der Waals surface area (Å²) in [6.45, 7) is 2.08. The summed E-state index contributed by atoms with van der Waals surface area (Å²) in [7, 11) is 0. The van der Waals surface area contributed by atoms with Crippen LogP contribution in [0.3, 0.4) is 0 Å². The van der Waals surface area contributed by atoms with Crippen molar-refractivity contribution < 1.29 is 14.7 Å². The molecule has 1 aliphatic rings. The molecule has 1 atom stereocenters. The van der Waals surface area contributed by atoms with Gasteiger partial charge in [0.05, 0.1) is 26.1 Å². The lowest BCUT2D eigenvalue weighted by atomic mass is 9.78. The molecule has 4 rings (SSSR count). The molecule has 1 fully saturated rings. The summed E-state index contributed by atoms with van der Waals surface area (Å²) >= 11 is 1.59. The number of carboxylic acid groups (broad SMARTS) is 1. The molecule has 6 heteroatoms. The van der Waals surface area contributed by atoms with Crippen LogP contribution in [0.2, 0.25) is 0 Å². The van der Waals surface area contributed by atoms with Crippen LogP contribution >= 0.6 is 11.3 Å². The fourth-order valence-electron chi connectivity index (χ4n) is 3.48. The van der Waals surface area contributed by atoms with E-state index in [0.717, 1.165) is 20.8 Å². The molecule has 0 spiro atoms. The monoisotopic (exact) mass is 394 g/mol. The molecule has 1 amide bonds. The molecule has 1 aliphatic carbocycles. The third-order valence-corrected chi connectivity index (χ3v) is 6.69. The number of carboxylic acids is 1. The Kier molecular flexibility index (Phi) is 4.67. The van der Waals surface area contributed by atoms with E-state index >= 15 is 0 Å². The second kappa shape index (κ2) is 7.02. The van der Waals surface area contributed by atoms with Crippen molar-refractivity contribution in [3.63, 3.8) is 0 Å². The lowest BCUT2D eigenvalue weighted by molar-refractivity contribution is -0.143. The minimum absolute atomic E-state index is 0.162. The number of fused-ring (bicyclic) bond motifs is 1. The molecule has 144 valence electrons. The maximum atomic E-state index is 13.3. The van der Waals surface area contributed by atoms with Gasteiger partial charge in [0.2, 0.25) is 5.91 Å². The Morgan fingerprint density at radius 2 is 1.82 bits per heavy atom. The number of hydrogen-bond donors (Lipinski definition) is 2. The van der Waals surface area contributed by atoms with E-state index in [1.54, 1.807) is 11.3 Å². The molecule has 0 radical (unpaired) electrons. The number of nitrogens with zero attached hydrogens (tertiary/aromatic N) is 1. The molecule has 0 aliphatic heterocycles. The molecule has 2 aromatic carbocycles. The van der Waals surface area contributed by atoms with Gasteiger partial charge in [0.15, 0.2) is 0 Å². The lowest BCUT2D eigenvalue weighted by Crippen LogP contribution is -2.46. The first-order chi connectivity index (χ1) is 13.4. The number of para-hydroxylation sites is 1. The van der Waals surface area contributed by atoms with Crippen molar-refractivity contribution in [3.8, 4) is 0 Å². The number of carbonyl (C=O) groups excluding carboxylic acids is 1. The van der Waals surface area contributed by atoms with E-state index in [4.69, 9.17) is 4.98 Å². The predicted octanol–water partition coefficient (Wildman–Crippen LogP) is 3.78. The highest BCUT2D eigenvalue weighted by atomic mass is 32.1. The van der Waals surface area contributed by atoms with E-state index < -0.39 is 16.8 Å². The molecule has 5 nitrogen and oxygen atoms in total. The molecule has 1 aromatic heterocycles. The van der Waals surface area contributed by atoms with Crippen LogP contribution in [0.15, 0.2) is 54.6 Å². The summed E-state index contributed by atoms with van der Waals surface area (Å²) < 4.78 is 1.09. The van der Waals surface area contributed by atoms with Crippen LogP contribution in [0.5, 0.6) is 0 Å². The maximum absolute atomic E-state index is 13.3. The van der Waals surface area contributed by atoms with Crippen molar-refractivity contribution in [2.24, 2.45) is 5.41 Å². The van der Waals surface area contributed by atoms with E-state index in [0.29, 0.717) is 19.3 Å². The summed E-state index contributed by atoms with van der Waals surface area (Å²) in [4.78, 5) is 29.4. The Morgan fingerprint density at radius 3 is 2.46 bits per heavy atom. The number of aromatic nitrogens is 1. The first-order valence-corrected chi connectivity index (χ1v) is 10.2. The Labute approximate surface area is 167 Å². The second-order valence-corrected chi connectivity index (χ2v) is 8.83. The van der Waals surface area contributed by atoms with Gasteiger partial charge in [-0.1, -0.05) is 42.5 Å². The number of benzene rings is 2. The van der Waals surface area contributed by atoms with Gasteiger partial charge in [0.1, 0.15) is 0 Å². The van der Waals surface area contributed by atoms with E-state index in [1.807, 2.05) is 61.5 Å². The van der Waals surface area contributed by atoms with Crippen molar-refractivity contribution in [1.29, 1.82) is 0 Å². The molecule has 0 saturated heterocycles. The minimum atomic E-state index is -0.833. The molecular formula is C22H22N2O3S. The van der Waals surface area contributed by atoms with Crippen molar-refractivity contribution >= 4 is 33.4 Å². The Morgan fingerprint density at radius 1 is 1.14 bits per heavy atom. The molecule has 0 bridgehead atoms. The second-order valence-electron chi connectivity index (χ2n) is 7.72. The summed E-state index contributed by atoms with van der Waals surface area (Å²) in [5, 5.41) is 13.2. The van der Waals surface area contributed by atoms with Gasteiger partial charge in [-0.05, 0) is 37.5 Å². The Hall–Kier alpha value is -2.73. The van der Waals surface area contributed by atoms with Gasteiger partial charge >= 0.3 is 5.97 Å². The molecular weight excluding hydrogens is 372 g/mol. The smallest absolute Gasteiger partial charge is 0.311 e. The van der Waals surface area contributed by atoms with E-state index in [1.165, 1.54) is 0 Å². The number of aliphatic carboxylic acids is 1. The lowest BCUT2D eigenvalue weighted by Gasteiger charge is -2.29. The highest BCUT2D eigenvalue weighted by molar-refractivity contribution is 7.18. The van der Waals surface area contributed by atoms with Gasteiger partial charge in [0.25, 0.3) is 0 Å².